The molecule has 0 heterocycles. The van der Waals surface area contributed by atoms with Gasteiger partial charge in [-0.2, -0.15) is 0 Å². The summed E-state index contributed by atoms with van der Waals surface area (Å²) in [4.78, 5) is 12.3. The Kier molecular flexibility index (Phi) is 4.54. The van der Waals surface area contributed by atoms with E-state index < -0.39 is 0 Å². The summed E-state index contributed by atoms with van der Waals surface area (Å²) in [5.74, 6) is 0.438. The van der Waals surface area contributed by atoms with Crippen LogP contribution in [-0.4, -0.2) is 23.7 Å². The first-order valence-electron chi connectivity index (χ1n) is 7.78. The lowest BCUT2D eigenvalue weighted by atomic mass is 10.1. The van der Waals surface area contributed by atoms with Crippen LogP contribution in [0.1, 0.15) is 23.5 Å². The standard InChI is InChI=1S/C19H21NO2/c21-13-16(11-14-7-3-1-4-8-14)20-19(22)18-12-17(18)15-9-5-2-6-10-15/h1-10,16-18,21H,11-13H2,(H,20,22)/t16-,17?,18?/m0/s1. The predicted octanol–water partition coefficient (Wildman–Crippen LogP) is 2.51. The Morgan fingerprint density at radius 3 is 2.36 bits per heavy atom. The number of hydrogen-bond donors (Lipinski definition) is 2. The van der Waals surface area contributed by atoms with Crippen LogP contribution >= 0.6 is 0 Å². The van der Waals surface area contributed by atoms with Crippen molar-refractivity contribution in [2.75, 3.05) is 6.61 Å². The Balaban J connectivity index is 1.55. The lowest BCUT2D eigenvalue weighted by Crippen LogP contribution is -2.40. The minimum atomic E-state index is -0.216. The molecule has 3 rings (SSSR count). The molecule has 0 saturated heterocycles. The molecule has 3 heteroatoms. The molecule has 0 spiro atoms. The van der Waals surface area contributed by atoms with Crippen molar-refractivity contribution in [2.45, 2.75) is 24.8 Å². The summed E-state index contributed by atoms with van der Waals surface area (Å²) in [7, 11) is 0. The molecule has 2 N–H and O–H groups in total. The zero-order chi connectivity index (χ0) is 15.4. The highest BCUT2D eigenvalue weighted by Crippen LogP contribution is 2.47. The van der Waals surface area contributed by atoms with E-state index in [0.717, 1.165) is 12.0 Å². The van der Waals surface area contributed by atoms with E-state index in [1.807, 2.05) is 48.5 Å². The average Bonchev–Trinajstić information content (AvgIpc) is 3.37. The molecule has 22 heavy (non-hydrogen) atoms. The van der Waals surface area contributed by atoms with Gasteiger partial charge in [-0.15, -0.1) is 0 Å². The molecular weight excluding hydrogens is 274 g/mol. The molecule has 0 aromatic heterocycles. The lowest BCUT2D eigenvalue weighted by Gasteiger charge is -2.16. The van der Waals surface area contributed by atoms with Gasteiger partial charge in [-0.25, -0.2) is 0 Å². The Bertz CT molecular complexity index is 612. The maximum atomic E-state index is 12.3. The monoisotopic (exact) mass is 295 g/mol. The molecule has 0 bridgehead atoms. The average molecular weight is 295 g/mol. The third kappa shape index (κ3) is 3.55. The van der Waals surface area contributed by atoms with Crippen LogP contribution in [0.4, 0.5) is 0 Å². The van der Waals surface area contributed by atoms with Gasteiger partial charge in [-0.05, 0) is 29.9 Å². The van der Waals surface area contributed by atoms with Crippen LogP contribution in [0.5, 0.6) is 0 Å². The number of amides is 1. The number of aliphatic hydroxyl groups excluding tert-OH is 1. The summed E-state index contributed by atoms with van der Waals surface area (Å²) < 4.78 is 0. The molecule has 1 aliphatic carbocycles. The maximum absolute atomic E-state index is 12.3. The number of benzene rings is 2. The summed E-state index contributed by atoms with van der Waals surface area (Å²) in [6.07, 6.45) is 1.56. The number of hydrogen-bond acceptors (Lipinski definition) is 2. The molecule has 2 aromatic carbocycles. The van der Waals surface area contributed by atoms with Gasteiger partial charge < -0.3 is 10.4 Å². The van der Waals surface area contributed by atoms with Gasteiger partial charge in [0.15, 0.2) is 0 Å². The molecule has 0 radical (unpaired) electrons. The third-order valence-corrected chi connectivity index (χ3v) is 4.25. The summed E-state index contributed by atoms with van der Waals surface area (Å²) in [6, 6.07) is 19.9. The fourth-order valence-corrected chi connectivity index (χ4v) is 2.92. The van der Waals surface area contributed by atoms with E-state index in [-0.39, 0.29) is 24.5 Å². The van der Waals surface area contributed by atoms with Crippen molar-refractivity contribution in [3.05, 3.63) is 71.8 Å². The summed E-state index contributed by atoms with van der Waals surface area (Å²) in [5.41, 5.74) is 2.35. The molecule has 1 fully saturated rings. The second-order valence-corrected chi connectivity index (χ2v) is 5.94. The minimum Gasteiger partial charge on any atom is -0.394 e. The van der Waals surface area contributed by atoms with Gasteiger partial charge in [-0.1, -0.05) is 60.7 Å². The van der Waals surface area contributed by atoms with Crippen LogP contribution in [0.3, 0.4) is 0 Å². The molecule has 1 aliphatic rings. The first kappa shape index (κ1) is 14.8. The van der Waals surface area contributed by atoms with E-state index in [2.05, 4.69) is 17.4 Å². The van der Waals surface area contributed by atoms with Crippen molar-refractivity contribution in [1.29, 1.82) is 0 Å². The number of carbonyl (C=O) groups is 1. The van der Waals surface area contributed by atoms with Crippen molar-refractivity contribution < 1.29 is 9.90 Å². The molecule has 2 unspecified atom stereocenters. The predicted molar refractivity (Wildman–Crippen MR) is 86.5 cm³/mol. The van der Waals surface area contributed by atoms with Crippen LogP contribution < -0.4 is 5.32 Å². The van der Waals surface area contributed by atoms with Crippen molar-refractivity contribution >= 4 is 5.91 Å². The number of nitrogens with one attached hydrogen (secondary N) is 1. The zero-order valence-corrected chi connectivity index (χ0v) is 12.5. The summed E-state index contributed by atoms with van der Waals surface area (Å²) >= 11 is 0. The fraction of sp³-hybridized carbons (Fsp3) is 0.316. The van der Waals surface area contributed by atoms with E-state index in [1.54, 1.807) is 0 Å². The number of aliphatic hydroxyl groups is 1. The second-order valence-electron chi connectivity index (χ2n) is 5.94. The Hall–Kier alpha value is -2.13. The zero-order valence-electron chi connectivity index (χ0n) is 12.5. The van der Waals surface area contributed by atoms with Crippen molar-refractivity contribution in [1.82, 2.24) is 5.32 Å². The molecule has 1 amide bonds. The summed E-state index contributed by atoms with van der Waals surface area (Å²) in [5, 5.41) is 12.5. The number of rotatable bonds is 6. The van der Waals surface area contributed by atoms with Gasteiger partial charge in [0.05, 0.1) is 12.6 Å². The van der Waals surface area contributed by atoms with Crippen LogP contribution in [0.25, 0.3) is 0 Å². The van der Waals surface area contributed by atoms with Gasteiger partial charge in [-0.3, -0.25) is 4.79 Å². The SMILES string of the molecule is O=C(N[C@H](CO)Cc1ccccc1)C1CC1c1ccccc1. The largest absolute Gasteiger partial charge is 0.394 e. The minimum absolute atomic E-state index is 0.0383. The van der Waals surface area contributed by atoms with Crippen molar-refractivity contribution in [2.24, 2.45) is 5.92 Å². The van der Waals surface area contributed by atoms with Crippen LogP contribution in [-0.2, 0) is 11.2 Å². The number of carbonyl (C=O) groups excluding carboxylic acids is 1. The highest BCUT2D eigenvalue weighted by Gasteiger charge is 2.44. The van der Waals surface area contributed by atoms with Crippen LogP contribution in [0.2, 0.25) is 0 Å². The molecule has 3 atom stereocenters. The Morgan fingerprint density at radius 2 is 1.73 bits per heavy atom. The summed E-state index contributed by atoms with van der Waals surface area (Å²) in [6.45, 7) is -0.0383. The first-order chi connectivity index (χ1) is 10.8. The Labute approximate surface area is 131 Å². The van der Waals surface area contributed by atoms with Crippen molar-refractivity contribution in [3.63, 3.8) is 0 Å². The highest BCUT2D eigenvalue weighted by atomic mass is 16.3. The van der Waals surface area contributed by atoms with Gasteiger partial charge in [0.2, 0.25) is 5.91 Å². The van der Waals surface area contributed by atoms with Gasteiger partial charge in [0.1, 0.15) is 0 Å². The van der Waals surface area contributed by atoms with E-state index in [4.69, 9.17) is 0 Å². The lowest BCUT2D eigenvalue weighted by molar-refractivity contribution is -0.123. The van der Waals surface area contributed by atoms with E-state index >= 15 is 0 Å². The van der Waals surface area contributed by atoms with E-state index in [9.17, 15) is 9.90 Å². The maximum Gasteiger partial charge on any atom is 0.224 e. The first-order valence-corrected chi connectivity index (χ1v) is 7.78. The van der Waals surface area contributed by atoms with Gasteiger partial charge in [0.25, 0.3) is 0 Å². The van der Waals surface area contributed by atoms with Crippen LogP contribution in [0.15, 0.2) is 60.7 Å². The topological polar surface area (TPSA) is 49.3 Å². The molecule has 2 aromatic rings. The third-order valence-electron chi connectivity index (χ3n) is 4.25. The van der Waals surface area contributed by atoms with E-state index in [1.165, 1.54) is 5.56 Å². The molecular formula is C19H21NO2. The van der Waals surface area contributed by atoms with Gasteiger partial charge in [0, 0.05) is 5.92 Å². The normalized spacial score (nSPS) is 21.1. The Morgan fingerprint density at radius 1 is 1.09 bits per heavy atom. The second kappa shape index (κ2) is 6.75. The molecule has 1 saturated carbocycles. The fourth-order valence-electron chi connectivity index (χ4n) is 2.92. The van der Waals surface area contributed by atoms with Gasteiger partial charge >= 0.3 is 0 Å². The molecule has 0 aliphatic heterocycles. The molecule has 3 nitrogen and oxygen atoms in total. The quantitative estimate of drug-likeness (QED) is 0.860. The van der Waals surface area contributed by atoms with Crippen molar-refractivity contribution in [3.8, 4) is 0 Å². The highest BCUT2D eigenvalue weighted by molar-refractivity contribution is 5.83. The smallest absolute Gasteiger partial charge is 0.224 e. The molecule has 114 valence electrons. The van der Waals surface area contributed by atoms with E-state index in [0.29, 0.717) is 12.3 Å². The van der Waals surface area contributed by atoms with Crippen LogP contribution in [0, 0.1) is 5.92 Å².